The molecule has 11 heteroatoms. The van der Waals surface area contributed by atoms with Crippen LogP contribution in [0, 0.1) is 0 Å². The second-order valence-corrected chi connectivity index (χ2v) is 10.5. The summed E-state index contributed by atoms with van der Waals surface area (Å²) in [4.78, 5) is 12.8. The van der Waals surface area contributed by atoms with Gasteiger partial charge in [0.1, 0.15) is 18.2 Å². The first-order valence-electron chi connectivity index (χ1n) is 10.0. The second kappa shape index (κ2) is 10.0. The highest BCUT2D eigenvalue weighted by atomic mass is 35.5. The average Bonchev–Trinajstić information content (AvgIpc) is 3.26. The smallest absolute Gasteiger partial charge is 0.255 e. The molecule has 0 aliphatic carbocycles. The first-order chi connectivity index (χ1) is 16.2. The molecule has 0 fully saturated rings. The standard InChI is InChI=1S/C23H20Cl2N2O6S/c1-34(29,30)12-26-19-6-4-17(10-21(19)31-11-15-8-16(24)3-5-18(15)25)27-23(28)14-2-7-20-22(9-14)33-13-32-20/h2-10,26H,11-13H2,1H3,(H,27,28). The number of rotatable bonds is 8. The number of anilines is 2. The third kappa shape index (κ3) is 6.05. The van der Waals surface area contributed by atoms with Crippen LogP contribution in [0.25, 0.3) is 0 Å². The highest BCUT2D eigenvalue weighted by molar-refractivity contribution is 7.90. The van der Waals surface area contributed by atoms with Crippen LogP contribution in [0.15, 0.2) is 54.6 Å². The van der Waals surface area contributed by atoms with Crippen molar-refractivity contribution in [2.24, 2.45) is 0 Å². The van der Waals surface area contributed by atoms with Crippen molar-refractivity contribution in [1.82, 2.24) is 0 Å². The van der Waals surface area contributed by atoms with Crippen LogP contribution in [0.3, 0.4) is 0 Å². The fourth-order valence-corrected chi connectivity index (χ4v) is 3.91. The summed E-state index contributed by atoms with van der Waals surface area (Å²) < 4.78 is 39.7. The normalized spacial score (nSPS) is 12.3. The monoisotopic (exact) mass is 522 g/mol. The van der Waals surface area contributed by atoms with Crippen molar-refractivity contribution in [2.45, 2.75) is 6.61 Å². The number of fused-ring (bicyclic) bond motifs is 1. The van der Waals surface area contributed by atoms with E-state index < -0.39 is 9.84 Å². The van der Waals surface area contributed by atoms with E-state index in [0.717, 1.165) is 6.26 Å². The Hall–Kier alpha value is -3.14. The zero-order chi connectivity index (χ0) is 24.3. The van der Waals surface area contributed by atoms with Crippen LogP contribution in [0.4, 0.5) is 11.4 Å². The van der Waals surface area contributed by atoms with Crippen molar-refractivity contribution in [3.05, 3.63) is 75.8 Å². The lowest BCUT2D eigenvalue weighted by Crippen LogP contribution is -2.14. The topological polar surface area (TPSA) is 103 Å². The summed E-state index contributed by atoms with van der Waals surface area (Å²) in [6.07, 6.45) is 1.12. The van der Waals surface area contributed by atoms with Crippen molar-refractivity contribution in [3.8, 4) is 17.2 Å². The maximum atomic E-state index is 12.8. The van der Waals surface area contributed by atoms with E-state index in [2.05, 4.69) is 10.6 Å². The first-order valence-corrected chi connectivity index (χ1v) is 12.8. The van der Waals surface area contributed by atoms with Crippen molar-refractivity contribution < 1.29 is 27.4 Å². The number of sulfone groups is 1. The lowest BCUT2D eigenvalue weighted by Gasteiger charge is -2.16. The molecule has 0 aromatic heterocycles. The molecule has 178 valence electrons. The number of halogens is 2. The SMILES string of the molecule is CS(=O)(=O)CNc1ccc(NC(=O)c2ccc3c(c2)OCO3)cc1OCc1cc(Cl)ccc1Cl. The maximum Gasteiger partial charge on any atom is 0.255 e. The van der Waals surface area contributed by atoms with Crippen LogP contribution in [0.1, 0.15) is 15.9 Å². The summed E-state index contributed by atoms with van der Waals surface area (Å²) in [5.41, 5.74) is 1.92. The molecule has 0 spiro atoms. The van der Waals surface area contributed by atoms with Crippen molar-refractivity contribution in [3.63, 3.8) is 0 Å². The molecule has 3 aromatic rings. The molecule has 4 rings (SSSR count). The molecule has 1 aliphatic heterocycles. The molecule has 2 N–H and O–H groups in total. The van der Waals surface area contributed by atoms with Crippen molar-refractivity contribution >= 4 is 50.3 Å². The number of ether oxygens (including phenoxy) is 3. The molecule has 0 bridgehead atoms. The summed E-state index contributed by atoms with van der Waals surface area (Å²) in [6.45, 7) is 0.187. The van der Waals surface area contributed by atoms with E-state index in [-0.39, 0.29) is 25.2 Å². The zero-order valence-electron chi connectivity index (χ0n) is 17.9. The summed E-state index contributed by atoms with van der Waals surface area (Å²) in [6, 6.07) is 14.7. The largest absolute Gasteiger partial charge is 0.487 e. The van der Waals surface area contributed by atoms with Gasteiger partial charge in [-0.1, -0.05) is 23.2 Å². The molecule has 0 atom stereocenters. The van der Waals surface area contributed by atoms with E-state index in [1.807, 2.05) is 0 Å². The molecule has 1 heterocycles. The van der Waals surface area contributed by atoms with E-state index in [4.69, 9.17) is 37.4 Å². The van der Waals surface area contributed by atoms with Gasteiger partial charge in [0.05, 0.1) is 5.69 Å². The lowest BCUT2D eigenvalue weighted by molar-refractivity contribution is 0.102. The molecule has 34 heavy (non-hydrogen) atoms. The summed E-state index contributed by atoms with van der Waals surface area (Å²) >= 11 is 12.3. The molecule has 8 nitrogen and oxygen atoms in total. The van der Waals surface area contributed by atoms with E-state index in [1.54, 1.807) is 54.6 Å². The number of hydrogen-bond acceptors (Lipinski definition) is 7. The molecule has 0 saturated carbocycles. The lowest BCUT2D eigenvalue weighted by atomic mass is 10.1. The van der Waals surface area contributed by atoms with E-state index in [0.29, 0.717) is 49.8 Å². The summed E-state index contributed by atoms with van der Waals surface area (Å²) in [5, 5.41) is 6.62. The Morgan fingerprint density at radius 2 is 1.82 bits per heavy atom. The van der Waals surface area contributed by atoms with Gasteiger partial charge in [-0.25, -0.2) is 8.42 Å². The van der Waals surface area contributed by atoms with Crippen LogP contribution in [-0.2, 0) is 16.4 Å². The molecule has 1 aliphatic rings. The Labute approximate surface area is 206 Å². The highest BCUT2D eigenvalue weighted by Crippen LogP contribution is 2.34. The van der Waals surface area contributed by atoms with Crippen LogP contribution in [-0.4, -0.2) is 33.3 Å². The van der Waals surface area contributed by atoms with Gasteiger partial charge in [-0.05, 0) is 48.5 Å². The Morgan fingerprint density at radius 3 is 2.62 bits per heavy atom. The molecule has 0 unspecified atom stereocenters. The Kier molecular flexibility index (Phi) is 7.06. The Morgan fingerprint density at radius 1 is 1.03 bits per heavy atom. The van der Waals surface area contributed by atoms with Crippen LogP contribution < -0.4 is 24.8 Å². The molecular formula is C23H20Cl2N2O6S. The van der Waals surface area contributed by atoms with E-state index in [9.17, 15) is 13.2 Å². The van der Waals surface area contributed by atoms with Crippen LogP contribution in [0.2, 0.25) is 10.0 Å². The minimum Gasteiger partial charge on any atom is -0.487 e. The minimum atomic E-state index is -3.29. The fraction of sp³-hybridized carbons (Fsp3) is 0.174. The van der Waals surface area contributed by atoms with Gasteiger partial charge in [0.25, 0.3) is 5.91 Å². The second-order valence-electron chi connectivity index (χ2n) is 7.50. The van der Waals surface area contributed by atoms with Gasteiger partial charge < -0.3 is 24.8 Å². The van der Waals surface area contributed by atoms with Gasteiger partial charge in [-0.3, -0.25) is 4.79 Å². The van der Waals surface area contributed by atoms with Gasteiger partial charge in [0.15, 0.2) is 21.3 Å². The van der Waals surface area contributed by atoms with Gasteiger partial charge >= 0.3 is 0 Å². The first kappa shape index (κ1) is 24.0. The van der Waals surface area contributed by atoms with Gasteiger partial charge in [-0.15, -0.1) is 0 Å². The third-order valence-electron chi connectivity index (χ3n) is 4.79. The molecule has 1 amide bonds. The van der Waals surface area contributed by atoms with Gasteiger partial charge in [0.2, 0.25) is 6.79 Å². The van der Waals surface area contributed by atoms with Crippen LogP contribution >= 0.6 is 23.2 Å². The number of carbonyl (C=O) groups is 1. The van der Waals surface area contributed by atoms with Crippen molar-refractivity contribution in [2.75, 3.05) is 29.6 Å². The van der Waals surface area contributed by atoms with E-state index >= 15 is 0 Å². The molecule has 0 saturated heterocycles. The predicted molar refractivity (Wildman–Crippen MR) is 131 cm³/mol. The number of hydrogen-bond donors (Lipinski definition) is 2. The summed E-state index contributed by atoms with van der Waals surface area (Å²) in [5.74, 6) is 0.746. The number of nitrogens with one attached hydrogen (secondary N) is 2. The predicted octanol–water partition coefficient (Wildman–Crippen LogP) is 4.97. The molecule has 0 radical (unpaired) electrons. The number of amides is 1. The Balaban J connectivity index is 1.55. The van der Waals surface area contributed by atoms with Gasteiger partial charge in [-0.2, -0.15) is 0 Å². The molecular weight excluding hydrogens is 503 g/mol. The molecule has 3 aromatic carbocycles. The minimum absolute atomic E-state index is 0.0759. The average molecular weight is 523 g/mol. The third-order valence-corrected chi connectivity index (χ3v) is 6.06. The quantitative estimate of drug-likeness (QED) is 0.430. The summed E-state index contributed by atoms with van der Waals surface area (Å²) in [7, 11) is -3.29. The van der Waals surface area contributed by atoms with Crippen molar-refractivity contribution in [1.29, 1.82) is 0 Å². The maximum absolute atomic E-state index is 12.8. The number of carbonyl (C=O) groups excluding carboxylic acids is 1. The van der Waals surface area contributed by atoms with Crippen LogP contribution in [0.5, 0.6) is 17.2 Å². The Bertz CT molecular complexity index is 1350. The fourth-order valence-electron chi connectivity index (χ4n) is 3.12. The highest BCUT2D eigenvalue weighted by Gasteiger charge is 2.17. The van der Waals surface area contributed by atoms with E-state index in [1.165, 1.54) is 0 Å². The number of benzene rings is 3. The van der Waals surface area contributed by atoms with Gasteiger partial charge in [0, 0.05) is 39.2 Å². The zero-order valence-corrected chi connectivity index (χ0v) is 20.3.